The summed E-state index contributed by atoms with van der Waals surface area (Å²) in [4.78, 5) is 37.5. The number of ketones is 1. The number of aryl methyl sites for hydroxylation is 2. The number of amides is 1. The van der Waals surface area contributed by atoms with E-state index in [2.05, 4.69) is 9.97 Å². The number of Topliss-reactive ketones (excluding diaryl/α,β-unsaturated/α-hetero) is 1. The standard InChI is InChI=1S/C22H25FN4O3/c1-13-17(12-24-14(2)25-13)20(28)18-19(15-6-8-16(23)9-7-15)27(22(30)21(18)29)11-5-10-26(3)4/h6-9,12,19,28H,5,10-11H2,1-4H3/b20-18+/t19-/m0/s1. The minimum absolute atomic E-state index is 0.0352. The van der Waals surface area contributed by atoms with Crippen LogP contribution in [0.2, 0.25) is 0 Å². The van der Waals surface area contributed by atoms with Gasteiger partial charge in [-0.05, 0) is 58.6 Å². The first-order chi connectivity index (χ1) is 14.2. The zero-order chi connectivity index (χ0) is 22.0. The van der Waals surface area contributed by atoms with Crippen LogP contribution >= 0.6 is 0 Å². The maximum absolute atomic E-state index is 13.5. The monoisotopic (exact) mass is 412 g/mol. The van der Waals surface area contributed by atoms with Crippen LogP contribution < -0.4 is 0 Å². The third-order valence-corrected chi connectivity index (χ3v) is 5.08. The minimum Gasteiger partial charge on any atom is -0.507 e. The highest BCUT2D eigenvalue weighted by Gasteiger charge is 2.46. The molecule has 1 atom stereocenters. The van der Waals surface area contributed by atoms with Crippen LogP contribution in [0.3, 0.4) is 0 Å². The van der Waals surface area contributed by atoms with Crippen molar-refractivity contribution in [2.45, 2.75) is 26.3 Å². The Labute approximate surface area is 174 Å². The summed E-state index contributed by atoms with van der Waals surface area (Å²) in [5.41, 5.74) is 1.30. The summed E-state index contributed by atoms with van der Waals surface area (Å²) in [6, 6.07) is 4.78. The molecule has 1 aromatic carbocycles. The van der Waals surface area contributed by atoms with Gasteiger partial charge in [0.2, 0.25) is 0 Å². The fraction of sp³-hybridized carbons (Fsp3) is 0.364. The first-order valence-corrected chi connectivity index (χ1v) is 9.70. The lowest BCUT2D eigenvalue weighted by Crippen LogP contribution is -2.32. The van der Waals surface area contributed by atoms with Crippen molar-refractivity contribution in [3.8, 4) is 0 Å². The molecule has 2 aromatic rings. The zero-order valence-electron chi connectivity index (χ0n) is 17.5. The van der Waals surface area contributed by atoms with Gasteiger partial charge >= 0.3 is 0 Å². The van der Waals surface area contributed by atoms with E-state index in [1.54, 1.807) is 13.8 Å². The number of carbonyl (C=O) groups excluding carboxylic acids is 2. The van der Waals surface area contributed by atoms with Crippen LogP contribution in [0.1, 0.15) is 35.1 Å². The van der Waals surface area contributed by atoms with E-state index in [1.807, 2.05) is 19.0 Å². The molecular weight excluding hydrogens is 387 g/mol. The van der Waals surface area contributed by atoms with Crippen molar-refractivity contribution in [1.29, 1.82) is 0 Å². The molecule has 0 spiro atoms. The average Bonchev–Trinajstić information content (AvgIpc) is 2.93. The van der Waals surface area contributed by atoms with Crippen LogP contribution in [-0.4, -0.2) is 63.7 Å². The van der Waals surface area contributed by atoms with E-state index in [1.165, 1.54) is 35.4 Å². The Bertz CT molecular complexity index is 1000. The summed E-state index contributed by atoms with van der Waals surface area (Å²) in [6.07, 6.45) is 2.08. The highest BCUT2D eigenvalue weighted by atomic mass is 19.1. The van der Waals surface area contributed by atoms with E-state index in [0.717, 1.165) is 6.54 Å². The van der Waals surface area contributed by atoms with Gasteiger partial charge in [-0.3, -0.25) is 9.59 Å². The lowest BCUT2D eigenvalue weighted by Gasteiger charge is -2.26. The first kappa shape index (κ1) is 21.6. The van der Waals surface area contributed by atoms with Crippen molar-refractivity contribution in [1.82, 2.24) is 19.8 Å². The van der Waals surface area contributed by atoms with Gasteiger partial charge in [0.25, 0.3) is 11.7 Å². The second-order valence-electron chi connectivity index (χ2n) is 7.62. The second-order valence-corrected chi connectivity index (χ2v) is 7.62. The summed E-state index contributed by atoms with van der Waals surface area (Å²) in [5, 5.41) is 11.0. The predicted molar refractivity (Wildman–Crippen MR) is 110 cm³/mol. The highest BCUT2D eigenvalue weighted by Crippen LogP contribution is 2.39. The normalized spacial score (nSPS) is 18.5. The van der Waals surface area contributed by atoms with Crippen molar-refractivity contribution in [2.75, 3.05) is 27.2 Å². The number of carbonyl (C=O) groups is 2. The van der Waals surface area contributed by atoms with Gasteiger partial charge in [0, 0.05) is 12.7 Å². The molecule has 1 fully saturated rings. The van der Waals surface area contributed by atoms with Gasteiger partial charge in [0.15, 0.2) is 0 Å². The van der Waals surface area contributed by atoms with Gasteiger partial charge < -0.3 is 14.9 Å². The maximum Gasteiger partial charge on any atom is 0.295 e. The number of halogens is 1. The third kappa shape index (κ3) is 4.23. The molecule has 1 aliphatic rings. The van der Waals surface area contributed by atoms with Crippen molar-refractivity contribution >= 4 is 17.4 Å². The molecule has 1 aliphatic heterocycles. The topological polar surface area (TPSA) is 86.6 Å². The molecule has 7 nitrogen and oxygen atoms in total. The Morgan fingerprint density at radius 3 is 2.47 bits per heavy atom. The molecule has 1 N–H and O–H groups in total. The van der Waals surface area contributed by atoms with Crippen LogP contribution in [0.15, 0.2) is 36.0 Å². The van der Waals surface area contributed by atoms with Gasteiger partial charge in [-0.1, -0.05) is 12.1 Å². The molecule has 0 bridgehead atoms. The summed E-state index contributed by atoms with van der Waals surface area (Å²) < 4.78 is 13.5. The number of hydrogen-bond acceptors (Lipinski definition) is 6. The quantitative estimate of drug-likeness (QED) is 0.446. The minimum atomic E-state index is -0.812. The molecule has 2 heterocycles. The molecule has 3 rings (SSSR count). The lowest BCUT2D eigenvalue weighted by molar-refractivity contribution is -0.139. The molecule has 0 radical (unpaired) electrons. The van der Waals surface area contributed by atoms with Crippen LogP contribution in [0.5, 0.6) is 0 Å². The van der Waals surface area contributed by atoms with Crippen LogP contribution in [0, 0.1) is 19.7 Å². The number of aliphatic hydroxyl groups excluding tert-OH is 1. The van der Waals surface area contributed by atoms with Crippen LogP contribution in [-0.2, 0) is 9.59 Å². The van der Waals surface area contributed by atoms with E-state index in [9.17, 15) is 19.1 Å². The fourth-order valence-corrected chi connectivity index (χ4v) is 3.62. The fourth-order valence-electron chi connectivity index (χ4n) is 3.62. The first-order valence-electron chi connectivity index (χ1n) is 9.70. The van der Waals surface area contributed by atoms with Crippen molar-refractivity contribution in [3.05, 3.63) is 64.5 Å². The number of aromatic nitrogens is 2. The van der Waals surface area contributed by atoms with Crippen LogP contribution in [0.4, 0.5) is 4.39 Å². The Morgan fingerprint density at radius 2 is 1.87 bits per heavy atom. The van der Waals surface area contributed by atoms with Gasteiger partial charge in [-0.25, -0.2) is 14.4 Å². The second kappa shape index (κ2) is 8.71. The molecule has 30 heavy (non-hydrogen) atoms. The molecule has 0 aliphatic carbocycles. The summed E-state index contributed by atoms with van der Waals surface area (Å²) in [6.45, 7) is 4.47. The summed E-state index contributed by atoms with van der Waals surface area (Å²) in [5.74, 6) is -1.67. The molecule has 1 aromatic heterocycles. The number of hydrogen-bond donors (Lipinski definition) is 1. The molecule has 158 valence electrons. The smallest absolute Gasteiger partial charge is 0.295 e. The average molecular weight is 412 g/mol. The SMILES string of the molecule is Cc1ncc(/C(O)=C2\C(=O)C(=O)N(CCCN(C)C)[C@H]2c2ccc(F)cc2)c(C)n1. The number of benzene rings is 1. The van der Waals surface area contributed by atoms with Crippen molar-refractivity contribution in [2.24, 2.45) is 0 Å². The van der Waals surface area contributed by atoms with Crippen molar-refractivity contribution in [3.63, 3.8) is 0 Å². The third-order valence-electron chi connectivity index (χ3n) is 5.08. The molecule has 0 saturated carbocycles. The Kier molecular flexibility index (Phi) is 6.26. The Hall–Kier alpha value is -3.13. The van der Waals surface area contributed by atoms with Crippen molar-refractivity contribution < 1.29 is 19.1 Å². The summed E-state index contributed by atoms with van der Waals surface area (Å²) in [7, 11) is 3.84. The van der Waals surface area contributed by atoms with E-state index >= 15 is 0 Å². The van der Waals surface area contributed by atoms with E-state index in [4.69, 9.17) is 0 Å². The molecule has 8 heteroatoms. The number of nitrogens with zero attached hydrogens (tertiary/aromatic N) is 4. The van der Waals surface area contributed by atoms with Gasteiger partial charge in [0.05, 0.1) is 22.9 Å². The van der Waals surface area contributed by atoms with Gasteiger partial charge in [-0.2, -0.15) is 0 Å². The molecule has 1 amide bonds. The lowest BCUT2D eigenvalue weighted by atomic mass is 9.95. The zero-order valence-corrected chi connectivity index (χ0v) is 17.5. The predicted octanol–water partition coefficient (Wildman–Crippen LogP) is 2.61. The number of likely N-dealkylation sites (tertiary alicyclic amines) is 1. The molecule has 0 unspecified atom stereocenters. The highest BCUT2D eigenvalue weighted by molar-refractivity contribution is 6.46. The Balaban J connectivity index is 2.12. The number of aliphatic hydroxyl groups is 1. The largest absolute Gasteiger partial charge is 0.507 e. The van der Waals surface area contributed by atoms with Gasteiger partial charge in [-0.15, -0.1) is 0 Å². The van der Waals surface area contributed by atoms with E-state index in [-0.39, 0.29) is 11.3 Å². The van der Waals surface area contributed by atoms with Gasteiger partial charge in [0.1, 0.15) is 17.4 Å². The molecular formula is C22H25FN4O3. The summed E-state index contributed by atoms with van der Waals surface area (Å²) >= 11 is 0. The Morgan fingerprint density at radius 1 is 1.20 bits per heavy atom. The van der Waals surface area contributed by atoms with Crippen LogP contribution in [0.25, 0.3) is 5.76 Å². The van der Waals surface area contributed by atoms with E-state index in [0.29, 0.717) is 35.6 Å². The number of rotatable bonds is 6. The van der Waals surface area contributed by atoms with E-state index < -0.39 is 23.5 Å². The molecule has 1 saturated heterocycles. The maximum atomic E-state index is 13.5.